The second kappa shape index (κ2) is 8.91. The molecule has 1 aliphatic rings. The van der Waals surface area contributed by atoms with E-state index in [9.17, 15) is 9.59 Å². The molecule has 0 radical (unpaired) electrons. The highest BCUT2D eigenvalue weighted by atomic mass is 16.5. The van der Waals surface area contributed by atoms with Gasteiger partial charge in [-0.3, -0.25) is 9.59 Å². The standard InChI is InChI=1S/C23H28N2O3/c1-16(2)21-11-10-20(13-17(21)3)28-15-22(26)24-14-18-6-8-19(9-7-18)25-12-4-5-23(25)27/h6-11,13,16H,4-5,12,14-15H2,1-3H3,(H,24,26). The molecule has 3 rings (SSSR count). The van der Waals surface area contributed by atoms with Crippen molar-refractivity contribution in [3.8, 4) is 5.75 Å². The zero-order chi connectivity index (χ0) is 20.1. The van der Waals surface area contributed by atoms with Gasteiger partial charge in [0.25, 0.3) is 5.91 Å². The molecule has 28 heavy (non-hydrogen) atoms. The Balaban J connectivity index is 1.46. The Bertz CT molecular complexity index is 843. The summed E-state index contributed by atoms with van der Waals surface area (Å²) >= 11 is 0. The maximum Gasteiger partial charge on any atom is 0.258 e. The Hall–Kier alpha value is -2.82. The number of carbonyl (C=O) groups is 2. The number of nitrogens with zero attached hydrogens (tertiary/aromatic N) is 1. The summed E-state index contributed by atoms with van der Waals surface area (Å²) in [5, 5.41) is 2.87. The van der Waals surface area contributed by atoms with E-state index in [4.69, 9.17) is 4.74 Å². The number of hydrogen-bond acceptors (Lipinski definition) is 3. The molecule has 2 amide bonds. The Morgan fingerprint density at radius 3 is 2.54 bits per heavy atom. The maximum absolute atomic E-state index is 12.1. The minimum absolute atomic E-state index is 0.0131. The van der Waals surface area contributed by atoms with Gasteiger partial charge >= 0.3 is 0 Å². The highest BCUT2D eigenvalue weighted by Gasteiger charge is 2.21. The minimum Gasteiger partial charge on any atom is -0.484 e. The Kier molecular flexibility index (Phi) is 6.34. The Labute approximate surface area is 166 Å². The van der Waals surface area contributed by atoms with Crippen LogP contribution in [0.25, 0.3) is 0 Å². The summed E-state index contributed by atoms with van der Waals surface area (Å²) in [6.07, 6.45) is 1.54. The van der Waals surface area contributed by atoms with E-state index in [-0.39, 0.29) is 18.4 Å². The van der Waals surface area contributed by atoms with Crippen LogP contribution >= 0.6 is 0 Å². The van der Waals surface area contributed by atoms with E-state index in [1.54, 1.807) is 0 Å². The van der Waals surface area contributed by atoms with Crippen molar-refractivity contribution in [2.75, 3.05) is 18.1 Å². The van der Waals surface area contributed by atoms with E-state index in [1.165, 1.54) is 11.1 Å². The summed E-state index contributed by atoms with van der Waals surface area (Å²) in [7, 11) is 0. The van der Waals surface area contributed by atoms with Gasteiger partial charge in [-0.1, -0.05) is 32.0 Å². The average molecular weight is 380 g/mol. The van der Waals surface area contributed by atoms with Gasteiger partial charge in [0.05, 0.1) is 0 Å². The Morgan fingerprint density at radius 2 is 1.93 bits per heavy atom. The highest BCUT2D eigenvalue weighted by Crippen LogP contribution is 2.23. The van der Waals surface area contributed by atoms with E-state index < -0.39 is 0 Å². The summed E-state index contributed by atoms with van der Waals surface area (Å²) in [6, 6.07) is 13.7. The van der Waals surface area contributed by atoms with Gasteiger partial charge < -0.3 is 15.0 Å². The fourth-order valence-electron chi connectivity index (χ4n) is 3.50. The van der Waals surface area contributed by atoms with E-state index in [2.05, 4.69) is 32.2 Å². The number of aryl methyl sites for hydroxylation is 1. The van der Waals surface area contributed by atoms with Crippen LogP contribution in [-0.4, -0.2) is 25.0 Å². The molecule has 1 fully saturated rings. The number of hydrogen-bond donors (Lipinski definition) is 1. The number of amides is 2. The molecule has 1 heterocycles. The molecular weight excluding hydrogens is 352 g/mol. The van der Waals surface area contributed by atoms with Gasteiger partial charge in [0.15, 0.2) is 6.61 Å². The lowest BCUT2D eigenvalue weighted by Gasteiger charge is -2.16. The quantitative estimate of drug-likeness (QED) is 0.791. The molecule has 1 saturated heterocycles. The Morgan fingerprint density at radius 1 is 1.18 bits per heavy atom. The van der Waals surface area contributed by atoms with E-state index >= 15 is 0 Å². The first-order chi connectivity index (χ1) is 13.4. The van der Waals surface area contributed by atoms with Gasteiger partial charge in [-0.25, -0.2) is 0 Å². The topological polar surface area (TPSA) is 58.6 Å². The summed E-state index contributed by atoms with van der Waals surface area (Å²) < 4.78 is 5.61. The van der Waals surface area contributed by atoms with Crippen molar-refractivity contribution < 1.29 is 14.3 Å². The molecule has 0 bridgehead atoms. The first-order valence-corrected chi connectivity index (χ1v) is 9.83. The molecule has 0 spiro atoms. The van der Waals surface area contributed by atoms with Crippen LogP contribution in [0.15, 0.2) is 42.5 Å². The first kappa shape index (κ1) is 19.9. The molecule has 0 aliphatic carbocycles. The largest absolute Gasteiger partial charge is 0.484 e. The first-order valence-electron chi connectivity index (χ1n) is 9.83. The summed E-state index contributed by atoms with van der Waals surface area (Å²) in [4.78, 5) is 25.7. The van der Waals surface area contributed by atoms with Gasteiger partial charge in [-0.15, -0.1) is 0 Å². The smallest absolute Gasteiger partial charge is 0.258 e. The zero-order valence-corrected chi connectivity index (χ0v) is 16.8. The molecule has 5 nitrogen and oxygen atoms in total. The monoisotopic (exact) mass is 380 g/mol. The van der Waals surface area contributed by atoms with Crippen molar-refractivity contribution in [2.24, 2.45) is 0 Å². The third-order valence-corrected chi connectivity index (χ3v) is 5.04. The van der Waals surface area contributed by atoms with Crippen LogP contribution in [0.5, 0.6) is 5.75 Å². The van der Waals surface area contributed by atoms with Crippen molar-refractivity contribution in [3.63, 3.8) is 0 Å². The van der Waals surface area contributed by atoms with Gasteiger partial charge in [0.1, 0.15) is 5.75 Å². The third-order valence-electron chi connectivity index (χ3n) is 5.04. The van der Waals surface area contributed by atoms with Gasteiger partial charge in [-0.2, -0.15) is 0 Å². The van der Waals surface area contributed by atoms with Crippen molar-refractivity contribution in [2.45, 2.75) is 46.1 Å². The SMILES string of the molecule is Cc1cc(OCC(=O)NCc2ccc(N3CCCC3=O)cc2)ccc1C(C)C. The average Bonchev–Trinajstić information content (AvgIpc) is 3.11. The number of rotatable bonds is 7. The van der Waals surface area contributed by atoms with Crippen molar-refractivity contribution >= 4 is 17.5 Å². The number of anilines is 1. The van der Waals surface area contributed by atoms with Gasteiger partial charge in [-0.05, 0) is 60.2 Å². The summed E-state index contributed by atoms with van der Waals surface area (Å²) in [5.74, 6) is 1.18. The van der Waals surface area contributed by atoms with Crippen LogP contribution in [0, 0.1) is 6.92 Å². The van der Waals surface area contributed by atoms with Crippen LogP contribution in [0.2, 0.25) is 0 Å². The van der Waals surface area contributed by atoms with Gasteiger partial charge in [0.2, 0.25) is 5.91 Å². The molecule has 0 atom stereocenters. The second-order valence-corrected chi connectivity index (χ2v) is 7.55. The fourth-order valence-corrected chi connectivity index (χ4v) is 3.50. The van der Waals surface area contributed by atoms with Crippen LogP contribution in [0.4, 0.5) is 5.69 Å². The molecule has 1 aliphatic heterocycles. The van der Waals surface area contributed by atoms with Crippen molar-refractivity contribution in [1.82, 2.24) is 5.32 Å². The second-order valence-electron chi connectivity index (χ2n) is 7.55. The molecule has 148 valence electrons. The number of carbonyl (C=O) groups excluding carboxylic acids is 2. The maximum atomic E-state index is 12.1. The van der Waals surface area contributed by atoms with Crippen LogP contribution in [-0.2, 0) is 16.1 Å². The lowest BCUT2D eigenvalue weighted by molar-refractivity contribution is -0.123. The number of benzene rings is 2. The zero-order valence-electron chi connectivity index (χ0n) is 16.8. The van der Waals surface area contributed by atoms with Crippen LogP contribution in [0.3, 0.4) is 0 Å². The molecular formula is C23H28N2O3. The predicted molar refractivity (Wildman–Crippen MR) is 111 cm³/mol. The van der Waals surface area contributed by atoms with Crippen LogP contribution in [0.1, 0.15) is 49.3 Å². The van der Waals surface area contributed by atoms with Crippen LogP contribution < -0.4 is 15.0 Å². The van der Waals surface area contributed by atoms with Gasteiger partial charge in [0, 0.05) is 25.2 Å². The molecule has 0 unspecified atom stereocenters. The molecule has 0 aromatic heterocycles. The molecule has 0 saturated carbocycles. The predicted octanol–water partition coefficient (Wildman–Crippen LogP) is 3.94. The van der Waals surface area contributed by atoms with Crippen molar-refractivity contribution in [3.05, 3.63) is 59.2 Å². The number of nitrogens with one attached hydrogen (secondary N) is 1. The van der Waals surface area contributed by atoms with E-state index in [1.807, 2.05) is 41.3 Å². The summed E-state index contributed by atoms with van der Waals surface area (Å²) in [6.45, 7) is 7.58. The molecule has 2 aromatic rings. The minimum atomic E-state index is -0.163. The summed E-state index contributed by atoms with van der Waals surface area (Å²) in [5.41, 5.74) is 4.36. The fraction of sp³-hybridized carbons (Fsp3) is 0.391. The third kappa shape index (κ3) is 4.91. The lowest BCUT2D eigenvalue weighted by Crippen LogP contribution is -2.28. The van der Waals surface area contributed by atoms with E-state index in [0.717, 1.165) is 24.2 Å². The van der Waals surface area contributed by atoms with Crippen molar-refractivity contribution in [1.29, 1.82) is 0 Å². The highest BCUT2D eigenvalue weighted by molar-refractivity contribution is 5.95. The normalized spacial score (nSPS) is 13.9. The number of ether oxygens (including phenoxy) is 1. The molecule has 2 aromatic carbocycles. The lowest BCUT2D eigenvalue weighted by atomic mass is 9.98. The molecule has 5 heteroatoms. The molecule has 1 N–H and O–H groups in total. The van der Waals surface area contributed by atoms with E-state index in [0.29, 0.717) is 24.6 Å².